The number of hydrogen-bond donors (Lipinski definition) is 2. The summed E-state index contributed by atoms with van der Waals surface area (Å²) in [4.78, 5) is 0. The molecule has 15 heavy (non-hydrogen) atoms. The van der Waals surface area contributed by atoms with E-state index >= 15 is 0 Å². The van der Waals surface area contributed by atoms with Crippen molar-refractivity contribution in [2.45, 2.75) is 51.2 Å². The van der Waals surface area contributed by atoms with Crippen LogP contribution in [0.4, 0.5) is 0 Å². The Bertz CT molecular complexity index is 177. The highest BCUT2D eigenvalue weighted by Gasteiger charge is 2.36. The Balaban J connectivity index is 2.02. The van der Waals surface area contributed by atoms with Gasteiger partial charge in [-0.25, -0.2) is 0 Å². The first-order chi connectivity index (χ1) is 6.97. The van der Waals surface area contributed by atoms with Crippen LogP contribution in [0.5, 0.6) is 0 Å². The van der Waals surface area contributed by atoms with E-state index < -0.39 is 0 Å². The van der Waals surface area contributed by atoms with Gasteiger partial charge < -0.3 is 15.4 Å². The first kappa shape index (κ1) is 12.9. The zero-order valence-corrected chi connectivity index (χ0v) is 10.7. The molecular weight excluding hydrogens is 188 g/mol. The third-order valence-electron chi connectivity index (χ3n) is 3.10. The molecule has 0 radical (unpaired) electrons. The van der Waals surface area contributed by atoms with Crippen molar-refractivity contribution >= 4 is 0 Å². The van der Waals surface area contributed by atoms with Gasteiger partial charge in [0.1, 0.15) is 0 Å². The molecule has 0 aromatic heterocycles. The third kappa shape index (κ3) is 4.49. The zero-order valence-electron chi connectivity index (χ0n) is 10.7. The van der Waals surface area contributed by atoms with Crippen LogP contribution in [0.1, 0.15) is 40.0 Å². The van der Waals surface area contributed by atoms with E-state index in [2.05, 4.69) is 31.4 Å². The molecular formula is C12H26N2O. The molecule has 0 amide bonds. The van der Waals surface area contributed by atoms with Gasteiger partial charge in [-0.15, -0.1) is 0 Å². The summed E-state index contributed by atoms with van der Waals surface area (Å²) in [6, 6.07) is 0. The highest BCUT2D eigenvalue weighted by Crippen LogP contribution is 2.34. The summed E-state index contributed by atoms with van der Waals surface area (Å²) < 4.78 is 5.54. The van der Waals surface area contributed by atoms with Crippen LogP contribution in [0.25, 0.3) is 0 Å². The lowest BCUT2D eigenvalue weighted by Crippen LogP contribution is -2.49. The Labute approximate surface area is 94.0 Å². The van der Waals surface area contributed by atoms with E-state index in [1.807, 2.05) is 7.11 Å². The molecule has 0 saturated heterocycles. The summed E-state index contributed by atoms with van der Waals surface area (Å²) in [6.07, 6.45) is 3.74. The van der Waals surface area contributed by atoms with E-state index in [9.17, 15) is 0 Å². The number of ether oxygens (including phenoxy) is 1. The number of hydrogen-bond acceptors (Lipinski definition) is 3. The highest BCUT2D eigenvalue weighted by atomic mass is 16.5. The minimum atomic E-state index is 0.154. The lowest BCUT2D eigenvalue weighted by Gasteiger charge is -2.40. The Morgan fingerprint density at radius 1 is 1.20 bits per heavy atom. The summed E-state index contributed by atoms with van der Waals surface area (Å²) in [5.74, 6) is 0. The van der Waals surface area contributed by atoms with Crippen molar-refractivity contribution in [3.63, 3.8) is 0 Å². The van der Waals surface area contributed by atoms with Crippen molar-refractivity contribution in [1.82, 2.24) is 10.6 Å². The molecule has 1 aliphatic rings. The molecule has 3 heteroatoms. The van der Waals surface area contributed by atoms with E-state index in [0.717, 1.165) is 19.6 Å². The average Bonchev–Trinajstić information content (AvgIpc) is 2.06. The molecule has 0 atom stereocenters. The second kappa shape index (κ2) is 5.28. The van der Waals surface area contributed by atoms with Gasteiger partial charge in [0.25, 0.3) is 0 Å². The van der Waals surface area contributed by atoms with Gasteiger partial charge >= 0.3 is 0 Å². The number of methoxy groups -OCH3 is 1. The fourth-order valence-corrected chi connectivity index (χ4v) is 1.87. The van der Waals surface area contributed by atoms with Gasteiger partial charge in [0.15, 0.2) is 0 Å². The molecule has 1 saturated carbocycles. The molecule has 0 aromatic carbocycles. The fourth-order valence-electron chi connectivity index (χ4n) is 1.87. The number of rotatable bonds is 6. The first-order valence-corrected chi connectivity index (χ1v) is 5.98. The van der Waals surface area contributed by atoms with Crippen molar-refractivity contribution in [1.29, 1.82) is 0 Å². The summed E-state index contributed by atoms with van der Waals surface area (Å²) in [6.45, 7) is 9.60. The van der Waals surface area contributed by atoms with Crippen LogP contribution in [0.3, 0.4) is 0 Å². The van der Waals surface area contributed by atoms with Gasteiger partial charge in [0.2, 0.25) is 0 Å². The minimum Gasteiger partial charge on any atom is -0.377 e. The van der Waals surface area contributed by atoms with E-state index in [4.69, 9.17) is 4.74 Å². The van der Waals surface area contributed by atoms with Crippen LogP contribution in [0.2, 0.25) is 0 Å². The van der Waals surface area contributed by atoms with Gasteiger partial charge in [-0.05, 0) is 40.0 Å². The van der Waals surface area contributed by atoms with Gasteiger partial charge in [-0.1, -0.05) is 0 Å². The third-order valence-corrected chi connectivity index (χ3v) is 3.10. The van der Waals surface area contributed by atoms with Crippen LogP contribution >= 0.6 is 0 Å². The van der Waals surface area contributed by atoms with E-state index in [1.54, 1.807) is 0 Å². The molecule has 1 aliphatic carbocycles. The maximum Gasteiger partial charge on any atom is 0.0802 e. The molecule has 1 fully saturated rings. The van der Waals surface area contributed by atoms with Crippen molar-refractivity contribution < 1.29 is 4.74 Å². The van der Waals surface area contributed by atoms with Crippen LogP contribution in [0, 0.1) is 0 Å². The lowest BCUT2D eigenvalue weighted by molar-refractivity contribution is -0.0691. The second-order valence-electron chi connectivity index (χ2n) is 5.59. The van der Waals surface area contributed by atoms with Crippen molar-refractivity contribution in [3.05, 3.63) is 0 Å². The normalized spacial score (nSPS) is 20.0. The monoisotopic (exact) mass is 214 g/mol. The lowest BCUT2D eigenvalue weighted by atomic mass is 9.80. The van der Waals surface area contributed by atoms with Crippen LogP contribution in [-0.4, -0.2) is 37.9 Å². The Morgan fingerprint density at radius 3 is 2.27 bits per heavy atom. The summed E-state index contributed by atoms with van der Waals surface area (Å²) in [5.41, 5.74) is 0.374. The molecule has 2 N–H and O–H groups in total. The maximum atomic E-state index is 5.54. The Morgan fingerprint density at radius 2 is 1.87 bits per heavy atom. The molecule has 90 valence electrons. The van der Waals surface area contributed by atoms with Crippen LogP contribution in [0.15, 0.2) is 0 Å². The van der Waals surface area contributed by atoms with Crippen molar-refractivity contribution in [3.8, 4) is 0 Å². The van der Waals surface area contributed by atoms with Gasteiger partial charge in [0.05, 0.1) is 5.60 Å². The van der Waals surface area contributed by atoms with E-state index in [0.29, 0.717) is 0 Å². The Kier molecular flexibility index (Phi) is 4.56. The van der Waals surface area contributed by atoms with E-state index in [-0.39, 0.29) is 11.1 Å². The standard InChI is InChI=1S/C12H26N2O/c1-11(2,3)14-9-8-13-10-12(15-4)6-5-7-12/h13-14H,5-10H2,1-4H3. The summed E-state index contributed by atoms with van der Waals surface area (Å²) >= 11 is 0. The van der Waals surface area contributed by atoms with E-state index in [1.165, 1.54) is 19.3 Å². The maximum absolute atomic E-state index is 5.54. The quantitative estimate of drug-likeness (QED) is 0.658. The highest BCUT2D eigenvalue weighted by molar-refractivity contribution is 4.91. The number of nitrogens with one attached hydrogen (secondary N) is 2. The first-order valence-electron chi connectivity index (χ1n) is 5.98. The topological polar surface area (TPSA) is 33.3 Å². The summed E-state index contributed by atoms with van der Waals surface area (Å²) in [5, 5.41) is 6.92. The predicted molar refractivity (Wildman–Crippen MR) is 64.2 cm³/mol. The fraction of sp³-hybridized carbons (Fsp3) is 1.00. The van der Waals surface area contributed by atoms with Gasteiger partial charge in [0, 0.05) is 32.3 Å². The largest absolute Gasteiger partial charge is 0.377 e. The molecule has 0 aliphatic heterocycles. The molecule has 3 nitrogen and oxygen atoms in total. The molecule has 0 aromatic rings. The SMILES string of the molecule is COC1(CNCCNC(C)(C)C)CCC1. The van der Waals surface area contributed by atoms with Gasteiger partial charge in [-0.2, -0.15) is 0 Å². The molecule has 0 bridgehead atoms. The Hall–Kier alpha value is -0.120. The van der Waals surface area contributed by atoms with Crippen molar-refractivity contribution in [2.24, 2.45) is 0 Å². The van der Waals surface area contributed by atoms with Crippen molar-refractivity contribution in [2.75, 3.05) is 26.7 Å². The summed E-state index contributed by atoms with van der Waals surface area (Å²) in [7, 11) is 1.83. The smallest absolute Gasteiger partial charge is 0.0802 e. The molecule has 0 unspecified atom stereocenters. The van der Waals surface area contributed by atoms with Gasteiger partial charge in [-0.3, -0.25) is 0 Å². The molecule has 0 spiro atoms. The van der Waals surface area contributed by atoms with Crippen LogP contribution in [-0.2, 0) is 4.74 Å². The van der Waals surface area contributed by atoms with Crippen LogP contribution < -0.4 is 10.6 Å². The second-order valence-corrected chi connectivity index (χ2v) is 5.59. The molecule has 1 rings (SSSR count). The molecule has 0 heterocycles. The average molecular weight is 214 g/mol. The minimum absolute atomic E-state index is 0.154. The predicted octanol–water partition coefficient (Wildman–Crippen LogP) is 1.53. The zero-order chi connectivity index (χ0) is 11.4.